The molecular weight excluding hydrogens is 356 g/mol. The molecular formula is C21H28N4O3. The van der Waals surface area contributed by atoms with Crippen molar-refractivity contribution in [2.75, 3.05) is 38.7 Å². The van der Waals surface area contributed by atoms with E-state index in [0.29, 0.717) is 32.0 Å². The lowest BCUT2D eigenvalue weighted by Gasteiger charge is -2.19. The fourth-order valence-electron chi connectivity index (χ4n) is 2.72. The minimum atomic E-state index is -0.283. The molecule has 2 amide bonds. The first kappa shape index (κ1) is 21.5. The number of nitrogens with zero attached hydrogens (tertiary/aromatic N) is 2. The van der Waals surface area contributed by atoms with Crippen molar-refractivity contribution in [2.45, 2.75) is 20.3 Å². The Morgan fingerprint density at radius 1 is 1.21 bits per heavy atom. The number of aromatic nitrogens is 1. The number of benzene rings is 1. The predicted molar refractivity (Wildman–Crippen MR) is 110 cm³/mol. The molecule has 1 aromatic heterocycles. The van der Waals surface area contributed by atoms with Crippen LogP contribution in [-0.2, 0) is 16.0 Å². The summed E-state index contributed by atoms with van der Waals surface area (Å²) in [5.41, 5.74) is 9.01. The van der Waals surface area contributed by atoms with E-state index in [1.165, 1.54) is 17.4 Å². The van der Waals surface area contributed by atoms with Gasteiger partial charge in [0.15, 0.2) is 5.69 Å². The molecule has 2 aromatic rings. The van der Waals surface area contributed by atoms with Crippen LogP contribution in [0.4, 0.5) is 5.69 Å². The fraction of sp³-hybridized carbons (Fsp3) is 0.381. The molecule has 0 saturated heterocycles. The lowest BCUT2D eigenvalue weighted by Crippen LogP contribution is -2.32. The number of amides is 2. The van der Waals surface area contributed by atoms with Gasteiger partial charge in [0.05, 0.1) is 18.9 Å². The highest BCUT2D eigenvalue weighted by Crippen LogP contribution is 2.25. The number of hydrogen-bond acceptors (Lipinski definition) is 5. The molecule has 0 saturated carbocycles. The van der Waals surface area contributed by atoms with E-state index in [1.54, 1.807) is 19.3 Å². The first-order valence-corrected chi connectivity index (χ1v) is 9.36. The van der Waals surface area contributed by atoms with Gasteiger partial charge in [0.25, 0.3) is 5.91 Å². The average Bonchev–Trinajstić information content (AvgIpc) is 2.70. The first-order chi connectivity index (χ1) is 13.5. The highest BCUT2D eigenvalue weighted by atomic mass is 16.5. The van der Waals surface area contributed by atoms with Gasteiger partial charge in [0, 0.05) is 38.8 Å². The number of rotatable bonds is 9. The molecule has 0 spiro atoms. The third-order valence-electron chi connectivity index (χ3n) is 4.25. The van der Waals surface area contributed by atoms with Crippen LogP contribution in [0.5, 0.6) is 0 Å². The van der Waals surface area contributed by atoms with E-state index in [0.717, 1.165) is 17.5 Å². The van der Waals surface area contributed by atoms with Crippen LogP contribution in [0.1, 0.15) is 29.9 Å². The van der Waals surface area contributed by atoms with Crippen molar-refractivity contribution >= 4 is 17.5 Å². The lowest BCUT2D eigenvalue weighted by molar-refractivity contribution is -0.114. The molecule has 1 aromatic carbocycles. The van der Waals surface area contributed by atoms with Gasteiger partial charge >= 0.3 is 0 Å². The molecule has 28 heavy (non-hydrogen) atoms. The van der Waals surface area contributed by atoms with Crippen molar-refractivity contribution in [3.8, 4) is 11.1 Å². The number of hydrogen-bond donors (Lipinski definition) is 2. The number of nitrogens with two attached hydrogens (primary N) is 1. The normalized spacial score (nSPS) is 10.6. The molecule has 0 atom stereocenters. The van der Waals surface area contributed by atoms with Crippen LogP contribution >= 0.6 is 0 Å². The summed E-state index contributed by atoms with van der Waals surface area (Å²) in [5.74, 6) is -0.543. The summed E-state index contributed by atoms with van der Waals surface area (Å²) in [4.78, 5) is 30.3. The minimum Gasteiger partial charge on any atom is -0.378 e. The summed E-state index contributed by atoms with van der Waals surface area (Å²) >= 11 is 0. The van der Waals surface area contributed by atoms with Gasteiger partial charge in [-0.2, -0.15) is 0 Å². The van der Waals surface area contributed by atoms with Crippen LogP contribution in [0.15, 0.2) is 36.5 Å². The molecule has 2 rings (SSSR count). The Labute approximate surface area is 165 Å². The third kappa shape index (κ3) is 5.87. The molecule has 150 valence electrons. The highest BCUT2D eigenvalue weighted by Gasteiger charge is 2.19. The molecule has 0 aliphatic heterocycles. The Kier molecular flexibility index (Phi) is 8.10. The maximum atomic E-state index is 12.8. The van der Waals surface area contributed by atoms with Crippen molar-refractivity contribution in [1.29, 1.82) is 0 Å². The van der Waals surface area contributed by atoms with Gasteiger partial charge < -0.3 is 20.7 Å². The molecule has 7 nitrogen and oxygen atoms in total. The average molecular weight is 384 g/mol. The van der Waals surface area contributed by atoms with Crippen LogP contribution in [0.25, 0.3) is 11.1 Å². The van der Waals surface area contributed by atoms with Gasteiger partial charge in [-0.25, -0.2) is 4.98 Å². The van der Waals surface area contributed by atoms with Crippen molar-refractivity contribution in [3.05, 3.63) is 47.8 Å². The molecule has 0 fully saturated rings. The Bertz CT molecular complexity index is 823. The number of likely N-dealkylation sites (N-methyl/N-ethyl adjacent to an activating group) is 1. The van der Waals surface area contributed by atoms with E-state index < -0.39 is 0 Å². The van der Waals surface area contributed by atoms with Crippen LogP contribution < -0.4 is 11.1 Å². The number of pyridine rings is 1. The first-order valence-electron chi connectivity index (χ1n) is 9.36. The van der Waals surface area contributed by atoms with Gasteiger partial charge in [0.2, 0.25) is 5.91 Å². The molecule has 7 heteroatoms. The lowest BCUT2D eigenvalue weighted by atomic mass is 10.0. The van der Waals surface area contributed by atoms with E-state index >= 15 is 0 Å². The molecule has 0 radical (unpaired) electrons. The molecule has 0 aliphatic carbocycles. The van der Waals surface area contributed by atoms with Gasteiger partial charge in [-0.15, -0.1) is 0 Å². The number of carbonyl (C=O) groups is 2. The Morgan fingerprint density at radius 3 is 2.68 bits per heavy atom. The monoisotopic (exact) mass is 384 g/mol. The van der Waals surface area contributed by atoms with E-state index in [4.69, 9.17) is 10.5 Å². The van der Waals surface area contributed by atoms with E-state index in [2.05, 4.69) is 29.4 Å². The standard InChI is InChI=1S/C21H28N4O3/c1-4-16-6-5-7-17(12-16)18-13-19(24-15(2)26)20(23-14-18)21(27)25(3)9-11-28-10-8-22/h5-7,12-14H,4,8-11,22H2,1-3H3,(H,24,26). The van der Waals surface area contributed by atoms with Gasteiger partial charge in [-0.3, -0.25) is 9.59 Å². The summed E-state index contributed by atoms with van der Waals surface area (Å²) in [6.45, 7) is 5.17. The van der Waals surface area contributed by atoms with Gasteiger partial charge in [0.1, 0.15) is 0 Å². The quantitative estimate of drug-likeness (QED) is 0.647. The number of ether oxygens (including phenoxy) is 1. The largest absolute Gasteiger partial charge is 0.378 e. The van der Waals surface area contributed by atoms with Crippen LogP contribution in [0.3, 0.4) is 0 Å². The summed E-state index contributed by atoms with van der Waals surface area (Å²) in [6.07, 6.45) is 2.58. The van der Waals surface area contributed by atoms with Crippen LogP contribution in [-0.4, -0.2) is 55.0 Å². The summed E-state index contributed by atoms with van der Waals surface area (Å²) < 4.78 is 5.32. The number of anilines is 1. The Balaban J connectivity index is 2.28. The maximum Gasteiger partial charge on any atom is 0.274 e. The van der Waals surface area contributed by atoms with Crippen molar-refractivity contribution in [1.82, 2.24) is 9.88 Å². The second-order valence-electron chi connectivity index (χ2n) is 6.48. The highest BCUT2D eigenvalue weighted by molar-refractivity contribution is 6.02. The zero-order valence-electron chi connectivity index (χ0n) is 16.7. The summed E-state index contributed by atoms with van der Waals surface area (Å²) in [6, 6.07) is 9.90. The maximum absolute atomic E-state index is 12.8. The second kappa shape index (κ2) is 10.5. The zero-order valence-corrected chi connectivity index (χ0v) is 16.7. The number of nitrogens with one attached hydrogen (secondary N) is 1. The number of carbonyl (C=O) groups excluding carboxylic acids is 2. The SMILES string of the molecule is CCc1cccc(-c2cnc(C(=O)N(C)CCOCCN)c(NC(C)=O)c2)c1. The number of aryl methyl sites for hydroxylation is 1. The van der Waals surface area contributed by atoms with E-state index in [9.17, 15) is 9.59 Å². The zero-order chi connectivity index (χ0) is 20.5. The fourth-order valence-corrected chi connectivity index (χ4v) is 2.72. The Hall–Kier alpha value is -2.77. The van der Waals surface area contributed by atoms with E-state index in [1.807, 2.05) is 12.1 Å². The molecule has 0 unspecified atom stereocenters. The Morgan fingerprint density at radius 2 is 2.00 bits per heavy atom. The predicted octanol–water partition coefficient (Wildman–Crippen LogP) is 2.32. The van der Waals surface area contributed by atoms with Crippen molar-refractivity contribution < 1.29 is 14.3 Å². The van der Waals surface area contributed by atoms with E-state index in [-0.39, 0.29) is 17.5 Å². The second-order valence-corrected chi connectivity index (χ2v) is 6.48. The van der Waals surface area contributed by atoms with Crippen LogP contribution in [0, 0.1) is 0 Å². The van der Waals surface area contributed by atoms with Gasteiger partial charge in [-0.1, -0.05) is 31.2 Å². The molecule has 0 bridgehead atoms. The molecule has 1 heterocycles. The minimum absolute atomic E-state index is 0.201. The topological polar surface area (TPSA) is 97.6 Å². The van der Waals surface area contributed by atoms with Crippen molar-refractivity contribution in [3.63, 3.8) is 0 Å². The van der Waals surface area contributed by atoms with Crippen LogP contribution in [0.2, 0.25) is 0 Å². The smallest absolute Gasteiger partial charge is 0.274 e. The third-order valence-corrected chi connectivity index (χ3v) is 4.25. The summed E-state index contributed by atoms with van der Waals surface area (Å²) in [5, 5.41) is 2.73. The van der Waals surface area contributed by atoms with Gasteiger partial charge in [-0.05, 0) is 23.6 Å². The molecule has 3 N–H and O–H groups in total. The van der Waals surface area contributed by atoms with Crippen molar-refractivity contribution in [2.24, 2.45) is 5.73 Å². The molecule has 0 aliphatic rings. The summed E-state index contributed by atoms with van der Waals surface area (Å²) in [7, 11) is 1.67.